The molecule has 6 heteroatoms. The maximum absolute atomic E-state index is 12.3. The third-order valence-corrected chi connectivity index (χ3v) is 5.68. The van der Waals surface area contributed by atoms with E-state index >= 15 is 0 Å². The lowest BCUT2D eigenvalue weighted by Gasteiger charge is -2.32. The van der Waals surface area contributed by atoms with Crippen molar-refractivity contribution in [2.45, 2.75) is 25.7 Å². The first kappa shape index (κ1) is 15.6. The Hall–Kier alpha value is -1.26. The molecule has 1 unspecified atom stereocenters. The van der Waals surface area contributed by atoms with Crippen molar-refractivity contribution in [2.24, 2.45) is 11.3 Å². The quantitative estimate of drug-likeness (QED) is 0.917. The summed E-state index contributed by atoms with van der Waals surface area (Å²) < 4.78 is 0. The molecule has 1 aliphatic heterocycles. The highest BCUT2D eigenvalue weighted by atomic mass is 35.5. The van der Waals surface area contributed by atoms with E-state index in [1.54, 1.807) is 18.2 Å². The summed E-state index contributed by atoms with van der Waals surface area (Å²) in [5, 5.41) is 10.0. The molecule has 1 saturated carbocycles. The molecular formula is C16H17Cl2NO3. The second-order valence-electron chi connectivity index (χ2n) is 6.26. The molecule has 0 bridgehead atoms. The number of carboxylic acid groups (broad SMARTS) is 1. The molecule has 0 radical (unpaired) electrons. The Labute approximate surface area is 139 Å². The second-order valence-corrected chi connectivity index (χ2v) is 7.08. The number of likely N-dealkylation sites (tertiary alicyclic amines) is 1. The first-order valence-electron chi connectivity index (χ1n) is 7.36. The highest BCUT2D eigenvalue weighted by molar-refractivity contribution is 6.42. The fourth-order valence-electron chi connectivity index (χ4n) is 3.39. The van der Waals surface area contributed by atoms with Crippen molar-refractivity contribution in [1.82, 2.24) is 4.90 Å². The Balaban J connectivity index is 1.56. The van der Waals surface area contributed by atoms with E-state index in [0.717, 1.165) is 24.8 Å². The lowest BCUT2D eigenvalue weighted by atomic mass is 9.90. The summed E-state index contributed by atoms with van der Waals surface area (Å²) in [5.41, 5.74) is 0.793. The van der Waals surface area contributed by atoms with E-state index in [2.05, 4.69) is 0 Å². The Kier molecular flexibility index (Phi) is 4.08. The maximum atomic E-state index is 12.3. The van der Waals surface area contributed by atoms with Crippen LogP contribution in [0.4, 0.5) is 0 Å². The summed E-state index contributed by atoms with van der Waals surface area (Å²) >= 11 is 11.8. The van der Waals surface area contributed by atoms with Gasteiger partial charge in [-0.15, -0.1) is 0 Å². The van der Waals surface area contributed by atoms with Crippen LogP contribution in [0.1, 0.15) is 24.8 Å². The van der Waals surface area contributed by atoms with Crippen LogP contribution < -0.4 is 0 Å². The molecule has 3 rings (SSSR count). The second kappa shape index (κ2) is 5.74. The number of benzene rings is 1. The number of nitrogens with zero attached hydrogens (tertiary/aromatic N) is 1. The number of carbonyl (C=O) groups is 2. The molecule has 0 aromatic heterocycles. The zero-order valence-electron chi connectivity index (χ0n) is 12.0. The van der Waals surface area contributed by atoms with E-state index in [0.29, 0.717) is 29.6 Å². The van der Waals surface area contributed by atoms with Crippen molar-refractivity contribution >= 4 is 35.1 Å². The average molecular weight is 342 g/mol. The van der Waals surface area contributed by atoms with Gasteiger partial charge in [-0.2, -0.15) is 0 Å². The predicted molar refractivity (Wildman–Crippen MR) is 84.2 cm³/mol. The van der Waals surface area contributed by atoms with Gasteiger partial charge < -0.3 is 10.0 Å². The number of carboxylic acids is 1. The zero-order valence-corrected chi connectivity index (χ0v) is 13.5. The standard InChI is InChI=1S/C16H17Cl2NO3/c17-12-2-1-10(7-13(12)18)8-14(20)19-5-3-16(4-6-19)9-11(16)15(21)22/h1-2,7,11H,3-6,8-9H2,(H,21,22). The first-order chi connectivity index (χ1) is 10.4. The largest absolute Gasteiger partial charge is 0.481 e. The van der Waals surface area contributed by atoms with Gasteiger partial charge in [0.15, 0.2) is 0 Å². The molecule has 4 nitrogen and oxygen atoms in total. The van der Waals surface area contributed by atoms with Gasteiger partial charge in [-0.05, 0) is 42.4 Å². The normalized spacial score (nSPS) is 22.6. The number of piperidine rings is 1. The van der Waals surface area contributed by atoms with Gasteiger partial charge in [0.1, 0.15) is 0 Å². The van der Waals surface area contributed by atoms with E-state index in [1.807, 2.05) is 4.90 Å². The van der Waals surface area contributed by atoms with Crippen molar-refractivity contribution in [1.29, 1.82) is 0 Å². The van der Waals surface area contributed by atoms with Gasteiger partial charge in [0, 0.05) is 13.1 Å². The molecule has 1 heterocycles. The fourth-order valence-corrected chi connectivity index (χ4v) is 3.71. The Morgan fingerprint density at radius 2 is 1.91 bits per heavy atom. The fraction of sp³-hybridized carbons (Fsp3) is 0.500. The number of hydrogen-bond donors (Lipinski definition) is 1. The van der Waals surface area contributed by atoms with Gasteiger partial charge >= 0.3 is 5.97 Å². The number of amides is 1. The van der Waals surface area contributed by atoms with Gasteiger partial charge in [0.2, 0.25) is 5.91 Å². The van der Waals surface area contributed by atoms with Crippen LogP contribution in [0, 0.1) is 11.3 Å². The van der Waals surface area contributed by atoms with E-state index in [4.69, 9.17) is 28.3 Å². The van der Waals surface area contributed by atoms with Crippen molar-refractivity contribution < 1.29 is 14.7 Å². The van der Waals surface area contributed by atoms with E-state index in [-0.39, 0.29) is 17.2 Å². The number of hydrogen-bond acceptors (Lipinski definition) is 2. The zero-order chi connectivity index (χ0) is 15.9. The SMILES string of the molecule is O=C(O)C1CC12CCN(C(=O)Cc1ccc(Cl)c(Cl)c1)CC2. The third-order valence-electron chi connectivity index (χ3n) is 4.94. The third kappa shape index (κ3) is 2.95. The first-order valence-corrected chi connectivity index (χ1v) is 8.11. The van der Waals surface area contributed by atoms with Gasteiger partial charge in [-0.3, -0.25) is 9.59 Å². The lowest BCUT2D eigenvalue weighted by molar-refractivity contribution is -0.139. The van der Waals surface area contributed by atoms with Crippen LogP contribution in [0.2, 0.25) is 10.0 Å². The molecule has 1 aromatic carbocycles. The minimum atomic E-state index is -0.699. The van der Waals surface area contributed by atoms with Crippen molar-refractivity contribution in [3.63, 3.8) is 0 Å². The van der Waals surface area contributed by atoms with E-state index in [9.17, 15) is 9.59 Å². The molecule has 2 fully saturated rings. The molecule has 1 spiro atoms. The van der Waals surface area contributed by atoms with Crippen LogP contribution in [-0.2, 0) is 16.0 Å². The van der Waals surface area contributed by atoms with Gasteiger partial charge in [-0.1, -0.05) is 29.3 Å². The van der Waals surface area contributed by atoms with E-state index < -0.39 is 5.97 Å². The Morgan fingerprint density at radius 3 is 2.45 bits per heavy atom. The molecule has 2 aliphatic rings. The van der Waals surface area contributed by atoms with Gasteiger partial charge in [0.25, 0.3) is 0 Å². The summed E-state index contributed by atoms with van der Waals surface area (Å²) in [7, 11) is 0. The minimum absolute atomic E-state index is 0.0494. The van der Waals surface area contributed by atoms with Gasteiger partial charge in [0.05, 0.1) is 22.4 Å². The number of aliphatic carboxylic acids is 1. The van der Waals surface area contributed by atoms with E-state index in [1.165, 1.54) is 0 Å². The molecule has 1 aliphatic carbocycles. The smallest absolute Gasteiger partial charge is 0.307 e. The summed E-state index contributed by atoms with van der Waals surface area (Å²) in [6.07, 6.45) is 2.64. The van der Waals surface area contributed by atoms with Crippen LogP contribution in [0.15, 0.2) is 18.2 Å². The summed E-state index contributed by atoms with van der Waals surface area (Å²) in [4.78, 5) is 25.2. The van der Waals surface area contributed by atoms with Gasteiger partial charge in [-0.25, -0.2) is 0 Å². The average Bonchev–Trinajstić information content (AvgIpc) is 3.18. The molecular weight excluding hydrogens is 325 g/mol. The van der Waals surface area contributed by atoms with Crippen molar-refractivity contribution in [2.75, 3.05) is 13.1 Å². The summed E-state index contributed by atoms with van der Waals surface area (Å²) in [5.74, 6) is -0.851. The van der Waals surface area contributed by atoms with Crippen LogP contribution in [0.3, 0.4) is 0 Å². The number of rotatable bonds is 3. The Bertz CT molecular complexity index is 624. The lowest BCUT2D eigenvalue weighted by Crippen LogP contribution is -2.40. The molecule has 118 valence electrons. The molecule has 22 heavy (non-hydrogen) atoms. The van der Waals surface area contributed by atoms with Crippen LogP contribution >= 0.6 is 23.2 Å². The monoisotopic (exact) mass is 341 g/mol. The topological polar surface area (TPSA) is 57.6 Å². The predicted octanol–water partition coefficient (Wildman–Crippen LogP) is 3.25. The summed E-state index contributed by atoms with van der Waals surface area (Å²) in [6, 6.07) is 5.22. The highest BCUT2D eigenvalue weighted by Crippen LogP contribution is 2.59. The molecule has 1 amide bonds. The highest BCUT2D eigenvalue weighted by Gasteiger charge is 2.59. The minimum Gasteiger partial charge on any atom is -0.481 e. The number of halogens is 2. The van der Waals surface area contributed by atoms with Crippen LogP contribution in [-0.4, -0.2) is 35.0 Å². The van der Waals surface area contributed by atoms with Crippen LogP contribution in [0.25, 0.3) is 0 Å². The Morgan fingerprint density at radius 1 is 1.23 bits per heavy atom. The molecule has 1 aromatic rings. The summed E-state index contributed by atoms with van der Waals surface area (Å²) in [6.45, 7) is 1.29. The maximum Gasteiger partial charge on any atom is 0.307 e. The van der Waals surface area contributed by atoms with Crippen molar-refractivity contribution in [3.05, 3.63) is 33.8 Å². The van der Waals surface area contributed by atoms with Crippen molar-refractivity contribution in [3.8, 4) is 0 Å². The van der Waals surface area contributed by atoms with Crippen LogP contribution in [0.5, 0.6) is 0 Å². The molecule has 1 N–H and O–H groups in total. The molecule has 1 atom stereocenters. The number of carbonyl (C=O) groups excluding carboxylic acids is 1. The molecule has 1 saturated heterocycles.